The molecule has 1 fully saturated rings. The van der Waals surface area contributed by atoms with Crippen LogP contribution in [-0.4, -0.2) is 31.3 Å². The zero-order valence-electron chi connectivity index (χ0n) is 6.85. The second-order valence-corrected chi connectivity index (χ2v) is 2.11. The lowest BCUT2D eigenvalue weighted by Crippen LogP contribution is -2.22. The highest BCUT2D eigenvalue weighted by atomic mass is 16.5. The van der Waals surface area contributed by atoms with Gasteiger partial charge < -0.3 is 4.74 Å². The van der Waals surface area contributed by atoms with Gasteiger partial charge in [-0.15, -0.1) is 0 Å². The summed E-state index contributed by atoms with van der Waals surface area (Å²) in [6.45, 7) is 7.87. The second-order valence-electron chi connectivity index (χ2n) is 2.11. The summed E-state index contributed by atoms with van der Waals surface area (Å²) < 4.78 is 5.09. The standard InChI is InChI=1S/C5H11NO.C2H6/c1-5-3-7-4-6(5)2;1-2/h5H,3-4H2,1-2H3;1-2H3. The lowest BCUT2D eigenvalue weighted by atomic mass is 10.4. The van der Waals surface area contributed by atoms with Gasteiger partial charge in [0.15, 0.2) is 0 Å². The van der Waals surface area contributed by atoms with Crippen molar-refractivity contribution in [1.29, 1.82) is 0 Å². The predicted octanol–water partition coefficient (Wildman–Crippen LogP) is 1.32. The van der Waals surface area contributed by atoms with E-state index < -0.39 is 0 Å². The average Bonchev–Trinajstić information content (AvgIpc) is 2.23. The Labute approximate surface area is 57.8 Å². The van der Waals surface area contributed by atoms with Crippen LogP contribution in [0.1, 0.15) is 20.8 Å². The molecular weight excluding hydrogens is 114 g/mol. The summed E-state index contributed by atoms with van der Waals surface area (Å²) in [5.41, 5.74) is 0. The monoisotopic (exact) mass is 131 g/mol. The van der Waals surface area contributed by atoms with Crippen molar-refractivity contribution in [1.82, 2.24) is 4.90 Å². The number of rotatable bonds is 0. The van der Waals surface area contributed by atoms with Gasteiger partial charge in [0.05, 0.1) is 13.3 Å². The maximum Gasteiger partial charge on any atom is 0.0991 e. The van der Waals surface area contributed by atoms with Gasteiger partial charge in [-0.2, -0.15) is 0 Å². The molecule has 2 heteroatoms. The average molecular weight is 131 g/mol. The Morgan fingerprint density at radius 1 is 1.44 bits per heavy atom. The van der Waals surface area contributed by atoms with E-state index in [-0.39, 0.29) is 0 Å². The molecule has 2 nitrogen and oxygen atoms in total. The molecule has 0 aromatic heterocycles. The third kappa shape index (κ3) is 2.82. The maximum absolute atomic E-state index is 5.09. The molecule has 1 unspecified atom stereocenters. The first-order chi connectivity index (χ1) is 4.30. The molecule has 56 valence electrons. The number of hydrogen-bond donors (Lipinski definition) is 0. The van der Waals surface area contributed by atoms with Crippen LogP contribution in [0.4, 0.5) is 0 Å². The van der Waals surface area contributed by atoms with Crippen LogP contribution in [0.3, 0.4) is 0 Å². The van der Waals surface area contributed by atoms with Crippen molar-refractivity contribution in [3.8, 4) is 0 Å². The molecule has 1 atom stereocenters. The van der Waals surface area contributed by atoms with Gasteiger partial charge in [-0.05, 0) is 14.0 Å². The van der Waals surface area contributed by atoms with E-state index in [0.29, 0.717) is 6.04 Å². The van der Waals surface area contributed by atoms with Gasteiger partial charge in [0.1, 0.15) is 0 Å². The number of ether oxygens (including phenoxy) is 1. The van der Waals surface area contributed by atoms with Crippen molar-refractivity contribution in [2.24, 2.45) is 0 Å². The zero-order valence-corrected chi connectivity index (χ0v) is 6.85. The molecule has 1 saturated heterocycles. The first kappa shape index (κ1) is 8.92. The van der Waals surface area contributed by atoms with E-state index in [1.165, 1.54) is 0 Å². The Morgan fingerprint density at radius 3 is 2.11 bits per heavy atom. The van der Waals surface area contributed by atoms with Gasteiger partial charge in [0.25, 0.3) is 0 Å². The smallest absolute Gasteiger partial charge is 0.0991 e. The van der Waals surface area contributed by atoms with Crippen LogP contribution >= 0.6 is 0 Å². The summed E-state index contributed by atoms with van der Waals surface area (Å²) in [7, 11) is 2.07. The van der Waals surface area contributed by atoms with Crippen molar-refractivity contribution in [3.63, 3.8) is 0 Å². The molecule has 1 aliphatic heterocycles. The van der Waals surface area contributed by atoms with Crippen molar-refractivity contribution >= 4 is 0 Å². The highest BCUT2D eigenvalue weighted by Gasteiger charge is 2.14. The Kier molecular flexibility index (Phi) is 4.72. The van der Waals surface area contributed by atoms with Crippen LogP contribution in [0.25, 0.3) is 0 Å². The third-order valence-corrected chi connectivity index (χ3v) is 1.41. The SMILES string of the molecule is CC.CC1COCN1C. The van der Waals surface area contributed by atoms with Crippen LogP contribution in [-0.2, 0) is 4.74 Å². The minimum Gasteiger partial charge on any atom is -0.364 e. The number of hydrogen-bond acceptors (Lipinski definition) is 2. The second kappa shape index (κ2) is 4.77. The molecule has 0 bridgehead atoms. The van der Waals surface area contributed by atoms with E-state index in [4.69, 9.17) is 4.74 Å². The summed E-state index contributed by atoms with van der Waals surface area (Å²) in [4.78, 5) is 2.18. The molecular formula is C7H17NO. The fourth-order valence-electron chi connectivity index (χ4n) is 0.622. The highest BCUT2D eigenvalue weighted by Crippen LogP contribution is 2.03. The highest BCUT2D eigenvalue weighted by molar-refractivity contribution is 4.63. The van der Waals surface area contributed by atoms with E-state index in [1.807, 2.05) is 13.8 Å². The first-order valence-corrected chi connectivity index (χ1v) is 3.58. The normalized spacial score (nSPS) is 27.3. The topological polar surface area (TPSA) is 12.5 Å². The Morgan fingerprint density at radius 2 is 2.00 bits per heavy atom. The number of likely N-dealkylation sites (N-methyl/N-ethyl adjacent to an activating group) is 1. The minimum absolute atomic E-state index is 0.625. The predicted molar refractivity (Wildman–Crippen MR) is 39.4 cm³/mol. The lowest BCUT2D eigenvalue weighted by molar-refractivity contribution is 0.153. The molecule has 0 radical (unpaired) electrons. The van der Waals surface area contributed by atoms with E-state index in [2.05, 4.69) is 18.9 Å². The van der Waals surface area contributed by atoms with Gasteiger partial charge in [-0.1, -0.05) is 13.8 Å². The number of nitrogens with zero attached hydrogens (tertiary/aromatic N) is 1. The Hall–Kier alpha value is -0.0800. The van der Waals surface area contributed by atoms with Gasteiger partial charge in [-0.25, -0.2) is 0 Å². The van der Waals surface area contributed by atoms with Gasteiger partial charge in [0.2, 0.25) is 0 Å². The van der Waals surface area contributed by atoms with Gasteiger partial charge in [-0.3, -0.25) is 4.90 Å². The fraction of sp³-hybridized carbons (Fsp3) is 1.00. The molecule has 0 saturated carbocycles. The molecule has 9 heavy (non-hydrogen) atoms. The molecule has 0 aliphatic carbocycles. The van der Waals surface area contributed by atoms with E-state index in [0.717, 1.165) is 13.3 Å². The molecule has 0 aromatic rings. The summed E-state index contributed by atoms with van der Waals surface area (Å²) in [5.74, 6) is 0. The molecule has 1 heterocycles. The van der Waals surface area contributed by atoms with Crippen molar-refractivity contribution in [2.45, 2.75) is 26.8 Å². The minimum atomic E-state index is 0.625. The van der Waals surface area contributed by atoms with Crippen LogP contribution in [0.15, 0.2) is 0 Å². The molecule has 1 aliphatic rings. The van der Waals surface area contributed by atoms with Crippen LogP contribution < -0.4 is 0 Å². The Balaban J connectivity index is 0.000000291. The molecule has 1 rings (SSSR count). The fourth-order valence-corrected chi connectivity index (χ4v) is 0.622. The van der Waals surface area contributed by atoms with Crippen LogP contribution in [0, 0.1) is 0 Å². The van der Waals surface area contributed by atoms with E-state index in [1.54, 1.807) is 0 Å². The van der Waals surface area contributed by atoms with Crippen molar-refractivity contribution in [3.05, 3.63) is 0 Å². The quantitative estimate of drug-likeness (QED) is 0.491. The third-order valence-electron chi connectivity index (χ3n) is 1.41. The molecule has 0 amide bonds. The summed E-state index contributed by atoms with van der Waals surface area (Å²) in [5, 5.41) is 0. The van der Waals surface area contributed by atoms with Gasteiger partial charge in [0, 0.05) is 6.04 Å². The van der Waals surface area contributed by atoms with Crippen molar-refractivity contribution < 1.29 is 4.74 Å². The van der Waals surface area contributed by atoms with E-state index in [9.17, 15) is 0 Å². The summed E-state index contributed by atoms with van der Waals surface area (Å²) >= 11 is 0. The molecule has 0 aromatic carbocycles. The summed E-state index contributed by atoms with van der Waals surface area (Å²) in [6.07, 6.45) is 0. The molecule has 0 spiro atoms. The van der Waals surface area contributed by atoms with Crippen LogP contribution in [0.5, 0.6) is 0 Å². The lowest BCUT2D eigenvalue weighted by Gasteiger charge is -2.08. The molecule has 0 N–H and O–H groups in total. The summed E-state index contributed by atoms with van der Waals surface area (Å²) in [6, 6.07) is 0.625. The Bertz CT molecular complexity index is 57.9. The maximum atomic E-state index is 5.09. The largest absolute Gasteiger partial charge is 0.364 e. The van der Waals surface area contributed by atoms with Crippen molar-refractivity contribution in [2.75, 3.05) is 20.4 Å². The zero-order chi connectivity index (χ0) is 7.28. The van der Waals surface area contributed by atoms with Gasteiger partial charge >= 0.3 is 0 Å². The van der Waals surface area contributed by atoms with Crippen LogP contribution in [0.2, 0.25) is 0 Å². The first-order valence-electron chi connectivity index (χ1n) is 3.58. The van der Waals surface area contributed by atoms with E-state index >= 15 is 0 Å².